The van der Waals surface area contributed by atoms with E-state index in [0.29, 0.717) is 6.54 Å². The summed E-state index contributed by atoms with van der Waals surface area (Å²) < 4.78 is 0. The summed E-state index contributed by atoms with van der Waals surface area (Å²) >= 11 is 0. The van der Waals surface area contributed by atoms with Gasteiger partial charge in [-0.05, 0) is 13.0 Å². The molecule has 0 spiro atoms. The summed E-state index contributed by atoms with van der Waals surface area (Å²) in [6.45, 7) is 3.34. The molecule has 12 heavy (non-hydrogen) atoms. The molecule has 0 aliphatic carbocycles. The van der Waals surface area contributed by atoms with Crippen LogP contribution in [0.15, 0.2) is 0 Å². The molecule has 0 heterocycles. The van der Waals surface area contributed by atoms with Crippen LogP contribution in [0.5, 0.6) is 0 Å². The van der Waals surface area contributed by atoms with Gasteiger partial charge in [0.05, 0.1) is 0 Å². The highest BCUT2D eigenvalue weighted by Gasteiger charge is 2.09. The zero-order valence-corrected chi connectivity index (χ0v) is 7.55. The number of unbranched alkanes of at least 4 members (excludes halogenated alkanes) is 2. The lowest BCUT2D eigenvalue weighted by molar-refractivity contribution is -0.138. The largest absolute Gasteiger partial charge is 0.480 e. The molecule has 0 aliphatic heterocycles. The molecule has 0 amide bonds. The first-order chi connectivity index (χ1) is 5.68. The third kappa shape index (κ3) is 6.12. The van der Waals surface area contributed by atoms with E-state index in [1.54, 1.807) is 0 Å². The molecule has 0 aliphatic rings. The minimum Gasteiger partial charge on any atom is -0.480 e. The summed E-state index contributed by atoms with van der Waals surface area (Å²) in [4.78, 5) is 10.3. The van der Waals surface area contributed by atoms with Crippen LogP contribution in [0.4, 0.5) is 0 Å². The minimum atomic E-state index is -0.946. The van der Waals surface area contributed by atoms with E-state index < -0.39 is 12.0 Å². The number of nitrogens with one attached hydrogen (secondary N) is 1. The molecule has 0 aromatic rings. The van der Waals surface area contributed by atoms with Gasteiger partial charge in [0.15, 0.2) is 0 Å². The van der Waals surface area contributed by atoms with Gasteiger partial charge in [0.2, 0.25) is 0 Å². The molecule has 0 aromatic heterocycles. The maximum absolute atomic E-state index is 10.3. The van der Waals surface area contributed by atoms with E-state index in [2.05, 4.69) is 12.2 Å². The second-order valence-electron chi connectivity index (χ2n) is 2.86. The Labute approximate surface area is 73.1 Å². The Morgan fingerprint density at radius 1 is 1.58 bits per heavy atom. The molecule has 0 saturated carbocycles. The highest BCUT2D eigenvalue weighted by Crippen LogP contribution is 1.90. The molecule has 0 bridgehead atoms. The molecule has 72 valence electrons. The number of nitrogens with two attached hydrogens (primary N) is 1. The summed E-state index contributed by atoms with van der Waals surface area (Å²) in [6.07, 6.45) is 3.44. The molecule has 0 saturated heterocycles. The Morgan fingerprint density at radius 2 is 2.25 bits per heavy atom. The molecule has 1 unspecified atom stereocenters. The van der Waals surface area contributed by atoms with Gasteiger partial charge in [0.25, 0.3) is 0 Å². The van der Waals surface area contributed by atoms with Crippen LogP contribution in [0, 0.1) is 0 Å². The highest BCUT2D eigenvalue weighted by molar-refractivity contribution is 5.73. The number of hydrogen-bond acceptors (Lipinski definition) is 3. The van der Waals surface area contributed by atoms with Gasteiger partial charge in [-0.3, -0.25) is 4.79 Å². The van der Waals surface area contributed by atoms with Crippen molar-refractivity contribution in [3.8, 4) is 0 Å². The summed E-state index contributed by atoms with van der Waals surface area (Å²) in [5.74, 6) is -0.946. The van der Waals surface area contributed by atoms with Crippen molar-refractivity contribution < 1.29 is 9.90 Å². The number of carbonyl (C=O) groups is 1. The third-order valence-corrected chi connectivity index (χ3v) is 1.64. The smallest absolute Gasteiger partial charge is 0.321 e. The normalized spacial score (nSPS) is 12.8. The number of hydrogen-bond donors (Lipinski definition) is 3. The summed E-state index contributed by atoms with van der Waals surface area (Å²) in [5, 5.41) is 11.4. The van der Waals surface area contributed by atoms with Crippen LogP contribution in [0.3, 0.4) is 0 Å². The van der Waals surface area contributed by atoms with Crippen LogP contribution >= 0.6 is 0 Å². The van der Waals surface area contributed by atoms with Crippen molar-refractivity contribution in [1.82, 2.24) is 5.32 Å². The fourth-order valence-corrected chi connectivity index (χ4v) is 0.845. The van der Waals surface area contributed by atoms with Crippen molar-refractivity contribution in [2.75, 3.05) is 13.1 Å². The highest BCUT2D eigenvalue weighted by atomic mass is 16.4. The van der Waals surface area contributed by atoms with Gasteiger partial charge in [-0.25, -0.2) is 0 Å². The Kier molecular flexibility index (Phi) is 6.70. The van der Waals surface area contributed by atoms with E-state index >= 15 is 0 Å². The Morgan fingerprint density at radius 3 is 2.75 bits per heavy atom. The van der Waals surface area contributed by atoms with Crippen molar-refractivity contribution in [2.45, 2.75) is 32.2 Å². The first kappa shape index (κ1) is 11.4. The van der Waals surface area contributed by atoms with Crippen molar-refractivity contribution in [1.29, 1.82) is 0 Å². The number of carboxylic acids is 1. The van der Waals surface area contributed by atoms with Crippen LogP contribution in [0.1, 0.15) is 26.2 Å². The average Bonchev–Trinajstić information content (AvgIpc) is 2.03. The minimum absolute atomic E-state index is 0.360. The third-order valence-electron chi connectivity index (χ3n) is 1.64. The van der Waals surface area contributed by atoms with Gasteiger partial charge in [0, 0.05) is 6.54 Å². The fraction of sp³-hybridized carbons (Fsp3) is 0.875. The lowest BCUT2D eigenvalue weighted by atomic mass is 10.2. The second-order valence-corrected chi connectivity index (χ2v) is 2.86. The van der Waals surface area contributed by atoms with Gasteiger partial charge in [0.1, 0.15) is 6.04 Å². The molecule has 1 atom stereocenters. The van der Waals surface area contributed by atoms with Crippen molar-refractivity contribution in [3.63, 3.8) is 0 Å². The van der Waals surface area contributed by atoms with Crippen molar-refractivity contribution in [2.24, 2.45) is 5.73 Å². The SMILES string of the molecule is CCCCCNCC(N)C(=O)O. The number of rotatable bonds is 7. The molecule has 4 heteroatoms. The second kappa shape index (κ2) is 7.06. The van der Waals surface area contributed by atoms with Gasteiger partial charge >= 0.3 is 5.97 Å². The van der Waals surface area contributed by atoms with Crippen LogP contribution in [0.2, 0.25) is 0 Å². The Bertz CT molecular complexity index is 128. The van der Waals surface area contributed by atoms with Crippen LogP contribution in [0.25, 0.3) is 0 Å². The summed E-state index contributed by atoms with van der Waals surface area (Å²) in [5.41, 5.74) is 5.27. The lowest BCUT2D eigenvalue weighted by Gasteiger charge is -2.07. The van der Waals surface area contributed by atoms with Crippen LogP contribution < -0.4 is 11.1 Å². The van der Waals surface area contributed by atoms with Crippen molar-refractivity contribution >= 4 is 5.97 Å². The standard InChI is InChI=1S/C8H18N2O2/c1-2-3-4-5-10-6-7(9)8(11)12/h7,10H,2-6,9H2,1H3,(H,11,12). The maximum Gasteiger partial charge on any atom is 0.321 e. The first-order valence-corrected chi connectivity index (χ1v) is 4.37. The average molecular weight is 174 g/mol. The summed E-state index contributed by atoms with van der Waals surface area (Å²) in [7, 11) is 0. The van der Waals surface area contributed by atoms with Gasteiger partial charge < -0.3 is 16.2 Å². The monoisotopic (exact) mass is 174 g/mol. The molecule has 0 aromatic carbocycles. The van der Waals surface area contributed by atoms with E-state index in [9.17, 15) is 4.79 Å². The quantitative estimate of drug-likeness (QED) is 0.481. The topological polar surface area (TPSA) is 75.3 Å². The zero-order chi connectivity index (χ0) is 9.40. The van der Waals surface area contributed by atoms with E-state index in [4.69, 9.17) is 10.8 Å². The molecular weight excluding hydrogens is 156 g/mol. The van der Waals surface area contributed by atoms with Crippen LogP contribution in [-0.4, -0.2) is 30.2 Å². The number of aliphatic carboxylic acids is 1. The summed E-state index contributed by atoms with van der Waals surface area (Å²) in [6, 6.07) is -0.772. The van der Waals surface area contributed by atoms with E-state index in [1.165, 1.54) is 12.8 Å². The Hall–Kier alpha value is -0.610. The predicted molar refractivity (Wildman–Crippen MR) is 48.0 cm³/mol. The number of carboxylic acid groups (broad SMARTS) is 1. The Balaban J connectivity index is 3.14. The molecule has 0 rings (SSSR count). The predicted octanol–water partition coefficient (Wildman–Crippen LogP) is 0.178. The maximum atomic E-state index is 10.3. The van der Waals surface area contributed by atoms with Gasteiger partial charge in [-0.2, -0.15) is 0 Å². The zero-order valence-electron chi connectivity index (χ0n) is 7.55. The van der Waals surface area contributed by atoms with E-state index in [0.717, 1.165) is 13.0 Å². The lowest BCUT2D eigenvalue weighted by Crippen LogP contribution is -2.40. The van der Waals surface area contributed by atoms with Gasteiger partial charge in [-0.1, -0.05) is 19.8 Å². The molecule has 0 radical (unpaired) electrons. The van der Waals surface area contributed by atoms with E-state index in [1.807, 2.05) is 0 Å². The van der Waals surface area contributed by atoms with Crippen molar-refractivity contribution in [3.05, 3.63) is 0 Å². The van der Waals surface area contributed by atoms with E-state index in [-0.39, 0.29) is 0 Å². The fourth-order valence-electron chi connectivity index (χ4n) is 0.845. The molecule has 4 N–H and O–H groups in total. The molecule has 4 nitrogen and oxygen atoms in total. The van der Waals surface area contributed by atoms with Crippen LogP contribution in [-0.2, 0) is 4.79 Å². The van der Waals surface area contributed by atoms with Gasteiger partial charge in [-0.15, -0.1) is 0 Å². The first-order valence-electron chi connectivity index (χ1n) is 4.37. The molecular formula is C8H18N2O2. The molecule has 0 fully saturated rings.